The van der Waals surface area contributed by atoms with Crippen molar-refractivity contribution in [1.29, 1.82) is 0 Å². The highest BCUT2D eigenvalue weighted by Crippen LogP contribution is 2.38. The van der Waals surface area contributed by atoms with Crippen molar-refractivity contribution in [2.45, 2.75) is 37.8 Å². The van der Waals surface area contributed by atoms with Gasteiger partial charge in [-0.2, -0.15) is 0 Å². The van der Waals surface area contributed by atoms with E-state index < -0.39 is 0 Å². The molecule has 5 heteroatoms. The maximum Gasteiger partial charge on any atom is 0.133 e. The molecule has 1 saturated heterocycles. The molecule has 126 valence electrons. The van der Waals surface area contributed by atoms with Gasteiger partial charge >= 0.3 is 0 Å². The van der Waals surface area contributed by atoms with Crippen LogP contribution in [-0.4, -0.2) is 41.0 Å². The zero-order valence-corrected chi connectivity index (χ0v) is 15.6. The fourth-order valence-electron chi connectivity index (χ4n) is 3.41. The molecular formula is C19H23BrN4. The minimum Gasteiger partial charge on any atom is -0.355 e. The van der Waals surface area contributed by atoms with E-state index in [2.05, 4.69) is 62.0 Å². The van der Waals surface area contributed by atoms with E-state index in [0.717, 1.165) is 35.7 Å². The van der Waals surface area contributed by atoms with Gasteiger partial charge in [0, 0.05) is 49.3 Å². The first-order chi connectivity index (χ1) is 11.7. The van der Waals surface area contributed by atoms with Crippen LogP contribution in [0.4, 0.5) is 5.82 Å². The van der Waals surface area contributed by atoms with Gasteiger partial charge in [0.2, 0.25) is 0 Å². The topological polar surface area (TPSA) is 32.3 Å². The molecule has 0 amide bonds. The van der Waals surface area contributed by atoms with Crippen LogP contribution in [0.5, 0.6) is 0 Å². The van der Waals surface area contributed by atoms with Crippen LogP contribution in [0.15, 0.2) is 41.0 Å². The average Bonchev–Trinajstić information content (AvgIpc) is 3.36. The molecule has 1 aromatic carbocycles. The maximum atomic E-state index is 4.79. The standard InChI is InChI=1S/C19H23BrN4/c1-23(18-8-10-21-19(22-18)15-4-5-15)17-9-11-24(13-17)12-14-2-6-16(20)7-3-14/h2-3,6-8,10,15,17H,4-5,9,11-13H2,1H3. The van der Waals surface area contributed by atoms with Gasteiger partial charge in [-0.1, -0.05) is 28.1 Å². The Hall–Kier alpha value is -1.46. The van der Waals surface area contributed by atoms with Gasteiger partial charge in [-0.25, -0.2) is 9.97 Å². The van der Waals surface area contributed by atoms with E-state index >= 15 is 0 Å². The van der Waals surface area contributed by atoms with Crippen LogP contribution >= 0.6 is 15.9 Å². The summed E-state index contributed by atoms with van der Waals surface area (Å²) >= 11 is 3.50. The Balaban J connectivity index is 1.38. The van der Waals surface area contributed by atoms with Crippen molar-refractivity contribution in [2.75, 3.05) is 25.0 Å². The number of likely N-dealkylation sites (tertiary alicyclic amines) is 1. The number of anilines is 1. The number of aromatic nitrogens is 2. The zero-order chi connectivity index (χ0) is 16.5. The Kier molecular flexibility index (Phi) is 4.55. The van der Waals surface area contributed by atoms with Crippen molar-refractivity contribution in [1.82, 2.24) is 14.9 Å². The van der Waals surface area contributed by atoms with Gasteiger partial charge in [0.1, 0.15) is 11.6 Å². The molecule has 1 atom stereocenters. The predicted octanol–water partition coefficient (Wildman–Crippen LogP) is 3.83. The minimum atomic E-state index is 0.530. The molecular weight excluding hydrogens is 364 g/mol. The van der Waals surface area contributed by atoms with Crippen molar-refractivity contribution in [3.8, 4) is 0 Å². The number of halogens is 1. The molecule has 1 aromatic heterocycles. The maximum absolute atomic E-state index is 4.79. The SMILES string of the molecule is CN(c1ccnc(C2CC2)n1)C1CCN(Cc2ccc(Br)cc2)C1. The van der Waals surface area contributed by atoms with Crippen LogP contribution in [0.1, 0.15) is 36.6 Å². The molecule has 0 radical (unpaired) electrons. The van der Waals surface area contributed by atoms with Crippen LogP contribution in [0.25, 0.3) is 0 Å². The molecule has 2 heterocycles. The molecule has 2 fully saturated rings. The largest absolute Gasteiger partial charge is 0.355 e. The van der Waals surface area contributed by atoms with Gasteiger partial charge in [-0.05, 0) is 43.0 Å². The molecule has 2 aliphatic rings. The number of likely N-dealkylation sites (N-methyl/N-ethyl adjacent to an activating group) is 1. The van der Waals surface area contributed by atoms with E-state index in [1.807, 2.05) is 12.3 Å². The molecule has 1 aliphatic heterocycles. The van der Waals surface area contributed by atoms with Gasteiger partial charge in [-0.3, -0.25) is 4.90 Å². The van der Waals surface area contributed by atoms with E-state index in [4.69, 9.17) is 4.98 Å². The van der Waals surface area contributed by atoms with E-state index in [1.54, 1.807) is 0 Å². The van der Waals surface area contributed by atoms with Gasteiger partial charge < -0.3 is 4.90 Å². The fraction of sp³-hybridized carbons (Fsp3) is 0.474. The lowest BCUT2D eigenvalue weighted by molar-refractivity contribution is 0.326. The summed E-state index contributed by atoms with van der Waals surface area (Å²) in [6.45, 7) is 3.26. The number of benzene rings is 1. The molecule has 1 aliphatic carbocycles. The van der Waals surface area contributed by atoms with Crippen molar-refractivity contribution >= 4 is 21.7 Å². The van der Waals surface area contributed by atoms with Crippen LogP contribution in [0.3, 0.4) is 0 Å². The van der Waals surface area contributed by atoms with Crippen LogP contribution in [0.2, 0.25) is 0 Å². The second-order valence-corrected chi connectivity index (χ2v) is 7.88. The van der Waals surface area contributed by atoms with Crippen LogP contribution < -0.4 is 4.90 Å². The quantitative estimate of drug-likeness (QED) is 0.781. The number of hydrogen-bond donors (Lipinski definition) is 0. The van der Waals surface area contributed by atoms with Crippen molar-refractivity contribution in [2.24, 2.45) is 0 Å². The normalized spacial score (nSPS) is 21.2. The summed E-state index contributed by atoms with van der Waals surface area (Å²) in [5, 5.41) is 0. The summed E-state index contributed by atoms with van der Waals surface area (Å²) in [6, 6.07) is 11.2. The Morgan fingerprint density at radius 1 is 1.17 bits per heavy atom. The number of nitrogens with zero attached hydrogens (tertiary/aromatic N) is 4. The number of hydrogen-bond acceptors (Lipinski definition) is 4. The van der Waals surface area contributed by atoms with Gasteiger partial charge in [0.15, 0.2) is 0 Å². The van der Waals surface area contributed by atoms with Crippen LogP contribution in [0, 0.1) is 0 Å². The molecule has 0 spiro atoms. The third kappa shape index (κ3) is 3.62. The summed E-state index contributed by atoms with van der Waals surface area (Å²) in [7, 11) is 2.17. The third-order valence-electron chi connectivity index (χ3n) is 5.08. The highest BCUT2D eigenvalue weighted by molar-refractivity contribution is 9.10. The van der Waals surface area contributed by atoms with E-state index in [-0.39, 0.29) is 0 Å². The Bertz CT molecular complexity index is 699. The molecule has 0 N–H and O–H groups in total. The second-order valence-electron chi connectivity index (χ2n) is 6.96. The smallest absolute Gasteiger partial charge is 0.133 e. The van der Waals surface area contributed by atoms with E-state index in [0.29, 0.717) is 12.0 Å². The molecule has 1 unspecified atom stereocenters. The molecule has 1 saturated carbocycles. The first-order valence-corrected chi connectivity index (χ1v) is 9.51. The highest BCUT2D eigenvalue weighted by Gasteiger charge is 2.29. The summed E-state index contributed by atoms with van der Waals surface area (Å²) in [4.78, 5) is 14.1. The van der Waals surface area contributed by atoms with Gasteiger partial charge in [-0.15, -0.1) is 0 Å². The predicted molar refractivity (Wildman–Crippen MR) is 100 cm³/mol. The Morgan fingerprint density at radius 3 is 2.71 bits per heavy atom. The molecule has 0 bridgehead atoms. The average molecular weight is 387 g/mol. The van der Waals surface area contributed by atoms with Gasteiger partial charge in [0.25, 0.3) is 0 Å². The summed E-state index contributed by atoms with van der Waals surface area (Å²) in [5.74, 6) is 2.71. The fourth-order valence-corrected chi connectivity index (χ4v) is 3.67. The van der Waals surface area contributed by atoms with E-state index in [1.165, 1.54) is 24.8 Å². The van der Waals surface area contributed by atoms with Crippen molar-refractivity contribution in [3.63, 3.8) is 0 Å². The molecule has 2 aromatic rings. The zero-order valence-electron chi connectivity index (χ0n) is 14.0. The molecule has 24 heavy (non-hydrogen) atoms. The summed E-state index contributed by atoms with van der Waals surface area (Å²) < 4.78 is 1.14. The first kappa shape index (κ1) is 16.0. The Labute approximate surface area is 152 Å². The number of rotatable bonds is 5. The van der Waals surface area contributed by atoms with E-state index in [9.17, 15) is 0 Å². The summed E-state index contributed by atoms with van der Waals surface area (Å²) in [5.41, 5.74) is 1.37. The Morgan fingerprint density at radius 2 is 1.96 bits per heavy atom. The third-order valence-corrected chi connectivity index (χ3v) is 5.61. The lowest BCUT2D eigenvalue weighted by Gasteiger charge is -2.26. The monoisotopic (exact) mass is 386 g/mol. The minimum absolute atomic E-state index is 0.530. The van der Waals surface area contributed by atoms with Crippen LogP contribution in [-0.2, 0) is 6.54 Å². The molecule has 4 rings (SSSR count). The first-order valence-electron chi connectivity index (χ1n) is 8.71. The lowest BCUT2D eigenvalue weighted by Crippen LogP contribution is -2.35. The summed E-state index contributed by atoms with van der Waals surface area (Å²) in [6.07, 6.45) is 5.60. The van der Waals surface area contributed by atoms with Gasteiger partial charge in [0.05, 0.1) is 0 Å². The van der Waals surface area contributed by atoms with Crippen molar-refractivity contribution in [3.05, 3.63) is 52.4 Å². The second kappa shape index (κ2) is 6.81. The highest BCUT2D eigenvalue weighted by atomic mass is 79.9. The van der Waals surface area contributed by atoms with Crippen molar-refractivity contribution < 1.29 is 0 Å². The molecule has 4 nitrogen and oxygen atoms in total. The lowest BCUT2D eigenvalue weighted by atomic mass is 10.2.